The van der Waals surface area contributed by atoms with Gasteiger partial charge in [0.15, 0.2) is 0 Å². The van der Waals surface area contributed by atoms with Gasteiger partial charge in [0.05, 0.1) is 18.2 Å². The third kappa shape index (κ3) is 1.99. The summed E-state index contributed by atoms with van der Waals surface area (Å²) in [5, 5.41) is 18.6. The summed E-state index contributed by atoms with van der Waals surface area (Å²) in [6.07, 6.45) is 2.43. The molecule has 0 saturated heterocycles. The van der Waals surface area contributed by atoms with Gasteiger partial charge in [-0.05, 0) is 24.5 Å². The summed E-state index contributed by atoms with van der Waals surface area (Å²) in [7, 11) is 0. The molecule has 1 aromatic heterocycles. The van der Waals surface area contributed by atoms with E-state index in [0.29, 0.717) is 12.1 Å². The average molecular weight is 207 g/mol. The Morgan fingerprint density at radius 2 is 2.40 bits per heavy atom. The highest BCUT2D eigenvalue weighted by atomic mass is 16.4. The molecule has 4 heteroatoms. The van der Waals surface area contributed by atoms with E-state index in [9.17, 15) is 9.90 Å². The number of hydrogen-bond donors (Lipinski definition) is 2. The fourth-order valence-corrected chi connectivity index (χ4v) is 2.09. The maximum Gasteiger partial charge on any atom is 0.303 e. The van der Waals surface area contributed by atoms with E-state index in [0.717, 1.165) is 12.0 Å². The number of hydrogen-bond acceptors (Lipinski definition) is 3. The standard InChI is InChI=1S/C11H13NO3/c13-9(14)6-8-4-3-7-2-1-5-12-10(7)11(8)15/h1-2,5,8,11,15H,3-4,6H2,(H,13,14). The zero-order chi connectivity index (χ0) is 10.8. The molecule has 1 heterocycles. The number of pyridine rings is 1. The summed E-state index contributed by atoms with van der Waals surface area (Å²) >= 11 is 0. The van der Waals surface area contributed by atoms with Gasteiger partial charge in [0, 0.05) is 12.1 Å². The van der Waals surface area contributed by atoms with Crippen LogP contribution in [0.5, 0.6) is 0 Å². The van der Waals surface area contributed by atoms with E-state index in [1.807, 2.05) is 12.1 Å². The lowest BCUT2D eigenvalue weighted by atomic mass is 9.82. The fourth-order valence-electron chi connectivity index (χ4n) is 2.09. The highest BCUT2D eigenvalue weighted by Crippen LogP contribution is 2.34. The number of aryl methyl sites for hydroxylation is 1. The molecule has 0 aromatic carbocycles. The maximum atomic E-state index is 10.6. The smallest absolute Gasteiger partial charge is 0.303 e. The molecule has 4 nitrogen and oxygen atoms in total. The van der Waals surface area contributed by atoms with Gasteiger partial charge in [-0.1, -0.05) is 6.07 Å². The van der Waals surface area contributed by atoms with E-state index >= 15 is 0 Å². The third-order valence-electron chi connectivity index (χ3n) is 2.87. The molecule has 2 rings (SSSR count). The van der Waals surface area contributed by atoms with E-state index in [1.54, 1.807) is 6.20 Å². The van der Waals surface area contributed by atoms with Crippen molar-refractivity contribution in [3.63, 3.8) is 0 Å². The fraction of sp³-hybridized carbons (Fsp3) is 0.455. The Morgan fingerprint density at radius 3 is 3.13 bits per heavy atom. The van der Waals surface area contributed by atoms with E-state index in [4.69, 9.17) is 5.11 Å². The van der Waals surface area contributed by atoms with Gasteiger partial charge in [0.25, 0.3) is 0 Å². The van der Waals surface area contributed by atoms with Crippen LogP contribution in [0.3, 0.4) is 0 Å². The summed E-state index contributed by atoms with van der Waals surface area (Å²) in [6, 6.07) is 3.77. The first kappa shape index (κ1) is 10.1. The molecule has 0 spiro atoms. The average Bonchev–Trinajstić information content (AvgIpc) is 2.22. The van der Waals surface area contributed by atoms with Gasteiger partial charge in [-0.25, -0.2) is 0 Å². The molecule has 15 heavy (non-hydrogen) atoms. The Hall–Kier alpha value is -1.42. The van der Waals surface area contributed by atoms with Gasteiger partial charge in [-0.15, -0.1) is 0 Å². The van der Waals surface area contributed by atoms with Crippen molar-refractivity contribution in [2.24, 2.45) is 5.92 Å². The number of carboxylic acid groups (broad SMARTS) is 1. The minimum Gasteiger partial charge on any atom is -0.481 e. The number of carbonyl (C=O) groups is 1. The molecule has 2 atom stereocenters. The number of aromatic nitrogens is 1. The second-order valence-electron chi connectivity index (χ2n) is 3.89. The summed E-state index contributed by atoms with van der Waals surface area (Å²) < 4.78 is 0. The zero-order valence-corrected chi connectivity index (χ0v) is 8.26. The van der Waals surface area contributed by atoms with Crippen LogP contribution in [0.4, 0.5) is 0 Å². The highest BCUT2D eigenvalue weighted by molar-refractivity contribution is 5.67. The SMILES string of the molecule is O=C(O)CC1CCc2cccnc2C1O. The van der Waals surface area contributed by atoms with Gasteiger partial charge in [0.1, 0.15) is 0 Å². The van der Waals surface area contributed by atoms with E-state index < -0.39 is 12.1 Å². The molecule has 2 N–H and O–H groups in total. The number of aliphatic carboxylic acids is 1. The van der Waals surface area contributed by atoms with Crippen molar-refractivity contribution in [3.05, 3.63) is 29.6 Å². The second kappa shape index (κ2) is 3.98. The van der Waals surface area contributed by atoms with Crippen molar-refractivity contribution in [3.8, 4) is 0 Å². The van der Waals surface area contributed by atoms with E-state index in [1.165, 1.54) is 0 Å². The second-order valence-corrected chi connectivity index (χ2v) is 3.89. The topological polar surface area (TPSA) is 70.4 Å². The Morgan fingerprint density at radius 1 is 1.60 bits per heavy atom. The lowest BCUT2D eigenvalue weighted by molar-refractivity contribution is -0.139. The van der Waals surface area contributed by atoms with Crippen molar-refractivity contribution in [1.82, 2.24) is 4.98 Å². The Bertz CT molecular complexity index is 378. The molecular formula is C11H13NO3. The number of fused-ring (bicyclic) bond motifs is 1. The summed E-state index contributed by atoms with van der Waals surface area (Å²) in [4.78, 5) is 14.7. The van der Waals surface area contributed by atoms with Crippen LogP contribution in [0.25, 0.3) is 0 Å². The lowest BCUT2D eigenvalue weighted by Gasteiger charge is -2.27. The zero-order valence-electron chi connectivity index (χ0n) is 8.26. The van der Waals surface area contributed by atoms with E-state index in [2.05, 4.69) is 4.98 Å². The number of carboxylic acids is 1. The predicted octanol–water partition coefficient (Wildman–Crippen LogP) is 1.15. The molecule has 80 valence electrons. The van der Waals surface area contributed by atoms with Crippen molar-refractivity contribution >= 4 is 5.97 Å². The van der Waals surface area contributed by atoms with Gasteiger partial charge in [0.2, 0.25) is 0 Å². The van der Waals surface area contributed by atoms with Gasteiger partial charge in [-0.2, -0.15) is 0 Å². The normalized spacial score (nSPS) is 24.6. The molecule has 0 bridgehead atoms. The van der Waals surface area contributed by atoms with Crippen molar-refractivity contribution in [2.45, 2.75) is 25.4 Å². The van der Waals surface area contributed by atoms with Crippen LogP contribution in [0.1, 0.15) is 30.2 Å². The molecule has 1 aliphatic carbocycles. The first-order chi connectivity index (χ1) is 7.18. The predicted molar refractivity (Wildman–Crippen MR) is 53.3 cm³/mol. The molecule has 1 aromatic rings. The molecule has 0 amide bonds. The summed E-state index contributed by atoms with van der Waals surface area (Å²) in [5.41, 5.74) is 1.68. The van der Waals surface area contributed by atoms with Crippen molar-refractivity contribution in [2.75, 3.05) is 0 Å². The minimum atomic E-state index is -0.863. The van der Waals surface area contributed by atoms with Crippen molar-refractivity contribution in [1.29, 1.82) is 0 Å². The van der Waals surface area contributed by atoms with Crippen LogP contribution < -0.4 is 0 Å². The van der Waals surface area contributed by atoms with Crippen LogP contribution in [0.15, 0.2) is 18.3 Å². The van der Waals surface area contributed by atoms with Crippen LogP contribution in [-0.2, 0) is 11.2 Å². The first-order valence-corrected chi connectivity index (χ1v) is 5.02. The number of rotatable bonds is 2. The molecule has 0 fully saturated rings. The number of aliphatic hydroxyl groups excluding tert-OH is 1. The Kier molecular flexibility index (Phi) is 2.68. The number of nitrogens with zero attached hydrogens (tertiary/aromatic N) is 1. The first-order valence-electron chi connectivity index (χ1n) is 5.02. The quantitative estimate of drug-likeness (QED) is 0.763. The van der Waals surface area contributed by atoms with Crippen LogP contribution in [0, 0.1) is 5.92 Å². The van der Waals surface area contributed by atoms with E-state index in [-0.39, 0.29) is 12.3 Å². The van der Waals surface area contributed by atoms with Gasteiger partial charge < -0.3 is 10.2 Å². The highest BCUT2D eigenvalue weighted by Gasteiger charge is 2.30. The molecule has 0 saturated carbocycles. The Labute approximate surface area is 87.6 Å². The molecule has 0 radical (unpaired) electrons. The van der Waals surface area contributed by atoms with Gasteiger partial charge >= 0.3 is 5.97 Å². The molecule has 2 unspecified atom stereocenters. The third-order valence-corrected chi connectivity index (χ3v) is 2.87. The summed E-state index contributed by atoms with van der Waals surface area (Å²) in [5.74, 6) is -1.07. The van der Waals surface area contributed by atoms with Crippen molar-refractivity contribution < 1.29 is 15.0 Å². The molecule has 1 aliphatic rings. The largest absolute Gasteiger partial charge is 0.481 e. The monoisotopic (exact) mass is 207 g/mol. The molecule has 0 aliphatic heterocycles. The Balaban J connectivity index is 2.22. The van der Waals surface area contributed by atoms with Crippen LogP contribution >= 0.6 is 0 Å². The lowest BCUT2D eigenvalue weighted by Crippen LogP contribution is -2.23. The summed E-state index contributed by atoms with van der Waals surface area (Å²) in [6.45, 7) is 0. The molecular weight excluding hydrogens is 194 g/mol. The maximum absolute atomic E-state index is 10.6. The number of aliphatic hydroxyl groups is 1. The van der Waals surface area contributed by atoms with Crippen LogP contribution in [-0.4, -0.2) is 21.2 Å². The minimum absolute atomic E-state index is 0.0111. The van der Waals surface area contributed by atoms with Crippen LogP contribution in [0.2, 0.25) is 0 Å². The van der Waals surface area contributed by atoms with Gasteiger partial charge in [-0.3, -0.25) is 9.78 Å².